The van der Waals surface area contributed by atoms with Crippen molar-refractivity contribution in [3.8, 4) is 0 Å². The summed E-state index contributed by atoms with van der Waals surface area (Å²) < 4.78 is 0. The maximum absolute atomic E-state index is 12.8. The van der Waals surface area contributed by atoms with E-state index in [0.717, 1.165) is 12.1 Å². The number of carbonyl (C=O) groups excluding carboxylic acids is 2. The molecule has 7 heteroatoms. The second kappa shape index (κ2) is 8.10. The Kier molecular flexibility index (Phi) is 5.20. The fourth-order valence-electron chi connectivity index (χ4n) is 3.36. The summed E-state index contributed by atoms with van der Waals surface area (Å²) in [6, 6.07) is 15.5. The van der Waals surface area contributed by atoms with E-state index < -0.39 is 0 Å². The van der Waals surface area contributed by atoms with Gasteiger partial charge in [-0.1, -0.05) is 30.3 Å². The number of nitrogens with one attached hydrogen (secondary N) is 2. The van der Waals surface area contributed by atoms with Gasteiger partial charge < -0.3 is 15.5 Å². The fraction of sp³-hybridized carbons (Fsp3) is 0.182. The number of fused-ring (bicyclic) bond motifs is 1. The van der Waals surface area contributed by atoms with Crippen LogP contribution in [0.2, 0.25) is 0 Å². The molecule has 0 saturated heterocycles. The van der Waals surface area contributed by atoms with Gasteiger partial charge in [-0.2, -0.15) is 0 Å². The normalized spacial score (nSPS) is 12.8. The summed E-state index contributed by atoms with van der Waals surface area (Å²) in [5, 5.41) is 5.81. The van der Waals surface area contributed by atoms with E-state index in [2.05, 4.69) is 32.7 Å². The molecule has 0 spiro atoms. The maximum Gasteiger partial charge on any atom is 0.257 e. The molecule has 2 N–H and O–H groups in total. The van der Waals surface area contributed by atoms with Gasteiger partial charge in [-0.15, -0.1) is 0 Å². The van der Waals surface area contributed by atoms with E-state index >= 15 is 0 Å². The smallest absolute Gasteiger partial charge is 0.257 e. The standard InChI is InChI=1S/C22H21N5O2/c1-15(28)25-19-7-4-8-20(11-19)26-22-23-12-18(13-24-22)21(29)27-10-9-16-5-2-3-6-17(16)14-27/h2-8,11-13H,9-10,14H2,1H3,(H,25,28)(H,23,24,26). The van der Waals surface area contributed by atoms with Gasteiger partial charge in [0.15, 0.2) is 0 Å². The van der Waals surface area contributed by atoms with Crippen molar-refractivity contribution >= 4 is 29.1 Å². The van der Waals surface area contributed by atoms with Crippen molar-refractivity contribution in [2.45, 2.75) is 19.9 Å². The van der Waals surface area contributed by atoms with Crippen LogP contribution in [-0.4, -0.2) is 33.2 Å². The molecule has 7 nitrogen and oxygen atoms in total. The molecule has 0 unspecified atom stereocenters. The van der Waals surface area contributed by atoms with Gasteiger partial charge in [0, 0.05) is 43.8 Å². The van der Waals surface area contributed by atoms with Crippen LogP contribution in [0.3, 0.4) is 0 Å². The summed E-state index contributed by atoms with van der Waals surface area (Å²) >= 11 is 0. The van der Waals surface area contributed by atoms with Crippen molar-refractivity contribution < 1.29 is 9.59 Å². The quantitative estimate of drug-likeness (QED) is 0.717. The van der Waals surface area contributed by atoms with Crippen LogP contribution in [0.4, 0.5) is 17.3 Å². The van der Waals surface area contributed by atoms with Gasteiger partial charge in [-0.05, 0) is 35.7 Å². The minimum atomic E-state index is -0.137. The molecule has 4 rings (SSSR count). The predicted octanol–water partition coefficient (Wildman–Crippen LogP) is 3.38. The number of hydrogen-bond acceptors (Lipinski definition) is 5. The lowest BCUT2D eigenvalue weighted by Gasteiger charge is -2.28. The number of amides is 2. The van der Waals surface area contributed by atoms with Crippen LogP contribution in [0.1, 0.15) is 28.4 Å². The highest BCUT2D eigenvalue weighted by atomic mass is 16.2. The Morgan fingerprint density at radius 3 is 2.45 bits per heavy atom. The first-order chi connectivity index (χ1) is 14.1. The van der Waals surface area contributed by atoms with E-state index in [9.17, 15) is 9.59 Å². The van der Waals surface area contributed by atoms with Gasteiger partial charge >= 0.3 is 0 Å². The predicted molar refractivity (Wildman–Crippen MR) is 111 cm³/mol. The summed E-state index contributed by atoms with van der Waals surface area (Å²) in [4.78, 5) is 34.4. The first kappa shape index (κ1) is 18.6. The van der Waals surface area contributed by atoms with E-state index in [1.54, 1.807) is 12.1 Å². The molecule has 0 saturated carbocycles. The van der Waals surface area contributed by atoms with Crippen LogP contribution in [-0.2, 0) is 17.8 Å². The molecule has 0 bridgehead atoms. The number of rotatable bonds is 4. The number of anilines is 3. The fourth-order valence-corrected chi connectivity index (χ4v) is 3.36. The van der Waals surface area contributed by atoms with Crippen molar-refractivity contribution in [2.24, 2.45) is 0 Å². The molecule has 0 radical (unpaired) electrons. The van der Waals surface area contributed by atoms with Crippen LogP contribution in [0.5, 0.6) is 0 Å². The Labute approximate surface area is 168 Å². The number of carbonyl (C=O) groups is 2. The minimum absolute atomic E-state index is 0.0706. The summed E-state index contributed by atoms with van der Waals surface area (Å²) in [5.74, 6) is 0.172. The van der Waals surface area contributed by atoms with E-state index in [0.29, 0.717) is 30.3 Å². The second-order valence-electron chi connectivity index (χ2n) is 6.93. The van der Waals surface area contributed by atoms with Crippen molar-refractivity contribution in [2.75, 3.05) is 17.2 Å². The third-order valence-electron chi connectivity index (χ3n) is 4.76. The minimum Gasteiger partial charge on any atom is -0.334 e. The van der Waals surface area contributed by atoms with E-state index in [1.165, 1.54) is 30.4 Å². The first-order valence-electron chi connectivity index (χ1n) is 9.41. The van der Waals surface area contributed by atoms with Gasteiger partial charge in [0.25, 0.3) is 5.91 Å². The average Bonchev–Trinajstić information content (AvgIpc) is 2.73. The Morgan fingerprint density at radius 1 is 0.966 bits per heavy atom. The molecule has 29 heavy (non-hydrogen) atoms. The molecule has 146 valence electrons. The highest BCUT2D eigenvalue weighted by Crippen LogP contribution is 2.21. The molecule has 1 aliphatic heterocycles. The van der Waals surface area contributed by atoms with Crippen molar-refractivity contribution in [1.82, 2.24) is 14.9 Å². The molecule has 1 aliphatic rings. The third kappa shape index (κ3) is 4.40. The highest BCUT2D eigenvalue weighted by molar-refractivity contribution is 5.94. The SMILES string of the molecule is CC(=O)Nc1cccc(Nc2ncc(C(=O)N3CCc4ccccc4C3)cn2)c1. The number of aromatic nitrogens is 2. The largest absolute Gasteiger partial charge is 0.334 e. The molecule has 0 aliphatic carbocycles. The van der Waals surface area contributed by atoms with Crippen molar-refractivity contribution in [3.63, 3.8) is 0 Å². The molecule has 2 heterocycles. The number of nitrogens with zero attached hydrogens (tertiary/aromatic N) is 3. The van der Waals surface area contributed by atoms with Crippen LogP contribution < -0.4 is 10.6 Å². The zero-order valence-electron chi connectivity index (χ0n) is 16.1. The number of benzene rings is 2. The Morgan fingerprint density at radius 2 is 1.69 bits per heavy atom. The molecule has 0 atom stereocenters. The summed E-state index contributed by atoms with van der Waals surface area (Å²) in [5.41, 5.74) is 4.36. The molecular weight excluding hydrogens is 366 g/mol. The topological polar surface area (TPSA) is 87.2 Å². The lowest BCUT2D eigenvalue weighted by Crippen LogP contribution is -2.36. The zero-order chi connectivity index (χ0) is 20.2. The van der Waals surface area contributed by atoms with Crippen LogP contribution in [0.25, 0.3) is 0 Å². The van der Waals surface area contributed by atoms with E-state index in [-0.39, 0.29) is 11.8 Å². The van der Waals surface area contributed by atoms with Crippen molar-refractivity contribution in [3.05, 3.63) is 77.6 Å². The van der Waals surface area contributed by atoms with Crippen molar-refractivity contribution in [1.29, 1.82) is 0 Å². The second-order valence-corrected chi connectivity index (χ2v) is 6.93. The molecule has 1 aromatic heterocycles. The summed E-state index contributed by atoms with van der Waals surface area (Å²) in [6.07, 6.45) is 3.93. The lowest BCUT2D eigenvalue weighted by atomic mass is 9.99. The Balaban J connectivity index is 1.43. The van der Waals surface area contributed by atoms with E-state index in [4.69, 9.17) is 0 Å². The van der Waals surface area contributed by atoms with Gasteiger partial charge in [0.2, 0.25) is 11.9 Å². The zero-order valence-corrected chi connectivity index (χ0v) is 16.1. The molecule has 3 aromatic rings. The molecular formula is C22H21N5O2. The highest BCUT2D eigenvalue weighted by Gasteiger charge is 2.22. The average molecular weight is 387 g/mol. The monoisotopic (exact) mass is 387 g/mol. The van der Waals surface area contributed by atoms with Gasteiger partial charge in [-0.3, -0.25) is 9.59 Å². The lowest BCUT2D eigenvalue weighted by molar-refractivity contribution is -0.114. The van der Waals surface area contributed by atoms with E-state index in [1.807, 2.05) is 29.2 Å². The van der Waals surface area contributed by atoms with Gasteiger partial charge in [0.05, 0.1) is 5.56 Å². The maximum atomic E-state index is 12.8. The van der Waals surface area contributed by atoms with Gasteiger partial charge in [-0.25, -0.2) is 9.97 Å². The molecule has 0 fully saturated rings. The van der Waals surface area contributed by atoms with Crippen LogP contribution in [0, 0.1) is 0 Å². The van der Waals surface area contributed by atoms with Gasteiger partial charge in [0.1, 0.15) is 0 Å². The van der Waals surface area contributed by atoms with Crippen LogP contribution >= 0.6 is 0 Å². The molecule has 2 amide bonds. The third-order valence-corrected chi connectivity index (χ3v) is 4.76. The Bertz CT molecular complexity index is 1050. The summed E-state index contributed by atoms with van der Waals surface area (Å²) in [7, 11) is 0. The van der Waals surface area contributed by atoms with Crippen LogP contribution in [0.15, 0.2) is 60.9 Å². The number of hydrogen-bond donors (Lipinski definition) is 2. The Hall–Kier alpha value is -3.74. The first-order valence-corrected chi connectivity index (χ1v) is 9.41. The summed E-state index contributed by atoms with van der Waals surface area (Å²) in [6.45, 7) is 2.75. The molecule has 2 aromatic carbocycles.